The van der Waals surface area contributed by atoms with Crippen LogP contribution in [-0.2, 0) is 11.4 Å². The molecule has 2 aliphatic rings. The van der Waals surface area contributed by atoms with Crippen LogP contribution in [0, 0.1) is 37.0 Å². The zero-order valence-corrected chi connectivity index (χ0v) is 25.9. The Morgan fingerprint density at radius 3 is 2.48 bits per heavy atom. The van der Waals surface area contributed by atoms with Crippen LogP contribution in [0.5, 0.6) is 5.75 Å². The molecule has 9 heteroatoms. The highest BCUT2D eigenvalue weighted by atomic mass is 32.1. The van der Waals surface area contributed by atoms with Gasteiger partial charge in [0.15, 0.2) is 5.13 Å². The molecule has 1 aromatic heterocycles. The summed E-state index contributed by atoms with van der Waals surface area (Å²) in [5.74, 6) is 0.148. The van der Waals surface area contributed by atoms with E-state index in [0.29, 0.717) is 18.7 Å². The van der Waals surface area contributed by atoms with Gasteiger partial charge in [-0.1, -0.05) is 31.5 Å². The number of hydrogen-bond donors (Lipinski definition) is 2. The number of aliphatic hydroxyl groups is 1. The van der Waals surface area contributed by atoms with Crippen molar-refractivity contribution in [2.24, 2.45) is 23.2 Å². The summed E-state index contributed by atoms with van der Waals surface area (Å²) in [7, 11) is 1.76. The Hall–Kier alpha value is -3.43. The molecule has 5 rings (SSSR count). The third-order valence-electron chi connectivity index (χ3n) is 8.71. The van der Waals surface area contributed by atoms with E-state index in [2.05, 4.69) is 16.3 Å². The van der Waals surface area contributed by atoms with Crippen LogP contribution in [0.3, 0.4) is 0 Å². The summed E-state index contributed by atoms with van der Waals surface area (Å²) in [4.78, 5) is 33.7. The van der Waals surface area contributed by atoms with Crippen LogP contribution in [0.2, 0.25) is 0 Å². The number of thiazole rings is 1. The molecule has 224 valence electrons. The van der Waals surface area contributed by atoms with E-state index in [1.54, 1.807) is 23.3 Å². The summed E-state index contributed by atoms with van der Waals surface area (Å²) in [6.07, 6.45) is 1.94. The lowest BCUT2D eigenvalue weighted by Gasteiger charge is -2.35. The van der Waals surface area contributed by atoms with Crippen molar-refractivity contribution in [3.8, 4) is 17.0 Å². The van der Waals surface area contributed by atoms with Gasteiger partial charge in [0, 0.05) is 55.2 Å². The molecule has 1 saturated heterocycles. The fraction of sp³-hybridized carbons (Fsp3) is 0.485. The number of carbonyl (C=O) groups is 2. The number of anilines is 1. The maximum Gasteiger partial charge on any atom is 0.307 e. The normalized spacial score (nSPS) is 20.0. The second-order valence-electron chi connectivity index (χ2n) is 12.8. The Kier molecular flexibility index (Phi) is 8.62. The molecular formula is C33H41N3O5S. The van der Waals surface area contributed by atoms with Gasteiger partial charge in [-0.2, -0.15) is 0 Å². The summed E-state index contributed by atoms with van der Waals surface area (Å²) in [6, 6.07) is 11.8. The molecule has 1 aliphatic heterocycles. The monoisotopic (exact) mass is 591 g/mol. The number of nitrogens with zero attached hydrogens (tertiary/aromatic N) is 3. The number of amides is 1. The molecule has 2 N–H and O–H groups in total. The Morgan fingerprint density at radius 2 is 1.83 bits per heavy atom. The van der Waals surface area contributed by atoms with Gasteiger partial charge in [-0.25, -0.2) is 4.98 Å². The lowest BCUT2D eigenvalue weighted by molar-refractivity contribution is -0.144. The molecule has 2 bridgehead atoms. The first-order valence-electron chi connectivity index (χ1n) is 14.6. The lowest BCUT2D eigenvalue weighted by Crippen LogP contribution is -2.44. The van der Waals surface area contributed by atoms with E-state index in [9.17, 15) is 19.8 Å². The van der Waals surface area contributed by atoms with Crippen LogP contribution < -0.4 is 9.64 Å². The first-order chi connectivity index (χ1) is 20.0. The average molecular weight is 592 g/mol. The minimum absolute atomic E-state index is 0.00946. The average Bonchev–Trinajstić information content (AvgIpc) is 3.55. The third-order valence-corrected chi connectivity index (χ3v) is 9.61. The van der Waals surface area contributed by atoms with Gasteiger partial charge < -0.3 is 24.7 Å². The summed E-state index contributed by atoms with van der Waals surface area (Å²) >= 11 is 1.60. The van der Waals surface area contributed by atoms with Gasteiger partial charge in [0.2, 0.25) is 0 Å². The molecule has 42 heavy (non-hydrogen) atoms. The standard InChI is InChI=1S/C33H41N3O5S/c1-20-6-11-28(41-16-25-10-7-22(13-21(25)2)30(38)35(5)18-33(3,4)19-37)26(12-20)27-17-42-32(34-27)36-14-23-8-9-24(15-36)29(23)31(39)40/h6-7,10-13,17,23-24,29,37H,8-9,14-16,18-19H2,1-5H3,(H,39,40)/t23-,24+,29?. The third kappa shape index (κ3) is 6.32. The molecule has 0 radical (unpaired) electrons. The van der Waals surface area contributed by atoms with Gasteiger partial charge in [0.25, 0.3) is 5.91 Å². The number of hydrogen-bond acceptors (Lipinski definition) is 7. The molecule has 0 spiro atoms. The van der Waals surface area contributed by atoms with Crippen LogP contribution in [0.1, 0.15) is 53.7 Å². The number of carboxylic acid groups (broad SMARTS) is 1. The Morgan fingerprint density at radius 1 is 1.12 bits per heavy atom. The van der Waals surface area contributed by atoms with Gasteiger partial charge in [0.1, 0.15) is 12.4 Å². The molecule has 2 fully saturated rings. The van der Waals surface area contributed by atoms with E-state index in [1.165, 1.54) is 0 Å². The van der Waals surface area contributed by atoms with Crippen molar-refractivity contribution in [3.63, 3.8) is 0 Å². The van der Waals surface area contributed by atoms with Gasteiger partial charge >= 0.3 is 5.97 Å². The number of ether oxygens (including phenoxy) is 1. The number of aromatic nitrogens is 1. The fourth-order valence-corrected chi connectivity index (χ4v) is 7.26. The highest BCUT2D eigenvalue weighted by Crippen LogP contribution is 2.44. The maximum atomic E-state index is 13.0. The van der Waals surface area contributed by atoms with Gasteiger partial charge in [0.05, 0.1) is 11.6 Å². The van der Waals surface area contributed by atoms with E-state index < -0.39 is 5.97 Å². The van der Waals surface area contributed by atoms with Crippen LogP contribution in [0.25, 0.3) is 11.3 Å². The molecular weight excluding hydrogens is 550 g/mol. The Balaban J connectivity index is 1.28. The molecule has 1 aliphatic carbocycles. The van der Waals surface area contributed by atoms with E-state index in [4.69, 9.17) is 9.72 Å². The van der Waals surface area contributed by atoms with Crippen molar-refractivity contribution in [1.29, 1.82) is 0 Å². The number of aliphatic carboxylic acids is 1. The van der Waals surface area contributed by atoms with Gasteiger partial charge in [-0.3, -0.25) is 9.59 Å². The quantitative estimate of drug-likeness (QED) is 0.314. The number of aliphatic hydroxyl groups excluding tert-OH is 1. The SMILES string of the molecule is Cc1ccc(OCc2ccc(C(=O)N(C)CC(C)(C)CO)cc2C)c(-c2csc(N3C[C@H]4CC[C@@H](C3)C4C(=O)O)n2)c1. The number of aryl methyl sites for hydroxylation is 2. The van der Waals surface area contributed by atoms with Crippen LogP contribution in [0.15, 0.2) is 41.8 Å². The number of fused-ring (bicyclic) bond motifs is 2. The van der Waals surface area contributed by atoms with Crippen LogP contribution in [-0.4, -0.2) is 65.3 Å². The molecule has 3 atom stereocenters. The highest BCUT2D eigenvalue weighted by Gasteiger charge is 2.46. The van der Waals surface area contributed by atoms with Crippen molar-refractivity contribution in [2.75, 3.05) is 38.2 Å². The number of rotatable bonds is 10. The smallest absolute Gasteiger partial charge is 0.307 e. The predicted octanol–water partition coefficient (Wildman–Crippen LogP) is 5.64. The van der Waals surface area contributed by atoms with E-state index in [0.717, 1.165) is 64.8 Å². The molecule has 2 aromatic carbocycles. The molecule has 1 amide bonds. The lowest BCUT2D eigenvalue weighted by atomic mass is 9.85. The fourth-order valence-electron chi connectivity index (χ4n) is 6.42. The molecule has 8 nitrogen and oxygen atoms in total. The Bertz CT molecular complexity index is 1450. The van der Waals surface area contributed by atoms with Gasteiger partial charge in [-0.05, 0) is 73.9 Å². The van der Waals surface area contributed by atoms with E-state index in [1.807, 2.05) is 58.0 Å². The molecule has 2 heterocycles. The predicted molar refractivity (Wildman–Crippen MR) is 165 cm³/mol. The summed E-state index contributed by atoms with van der Waals surface area (Å²) in [6.45, 7) is 10.2. The number of piperidine rings is 1. The topological polar surface area (TPSA) is 103 Å². The zero-order valence-electron chi connectivity index (χ0n) is 25.1. The molecule has 1 saturated carbocycles. The minimum Gasteiger partial charge on any atom is -0.488 e. The largest absolute Gasteiger partial charge is 0.488 e. The van der Waals surface area contributed by atoms with E-state index >= 15 is 0 Å². The number of benzene rings is 2. The molecule has 3 aromatic rings. The first kappa shape index (κ1) is 30.0. The molecule has 1 unspecified atom stereocenters. The number of carbonyl (C=O) groups excluding carboxylic acids is 1. The minimum atomic E-state index is -0.658. The van der Waals surface area contributed by atoms with Crippen molar-refractivity contribution in [2.45, 2.75) is 47.1 Å². The highest BCUT2D eigenvalue weighted by molar-refractivity contribution is 7.14. The first-order valence-corrected chi connectivity index (χ1v) is 15.5. The summed E-state index contributed by atoms with van der Waals surface area (Å²) < 4.78 is 6.34. The number of carboxylic acids is 1. The van der Waals surface area contributed by atoms with Gasteiger partial charge in [-0.15, -0.1) is 11.3 Å². The van der Waals surface area contributed by atoms with Crippen LogP contribution >= 0.6 is 11.3 Å². The summed E-state index contributed by atoms with van der Waals surface area (Å²) in [5, 5.41) is 22.2. The van der Waals surface area contributed by atoms with Crippen molar-refractivity contribution in [3.05, 3.63) is 64.0 Å². The van der Waals surface area contributed by atoms with Crippen molar-refractivity contribution < 1.29 is 24.5 Å². The van der Waals surface area contributed by atoms with Crippen LogP contribution in [0.4, 0.5) is 5.13 Å². The maximum absolute atomic E-state index is 13.0. The summed E-state index contributed by atoms with van der Waals surface area (Å²) in [5.41, 5.74) is 5.10. The van der Waals surface area contributed by atoms with Crippen molar-refractivity contribution >= 4 is 28.3 Å². The zero-order chi connectivity index (χ0) is 30.2. The second-order valence-corrected chi connectivity index (χ2v) is 13.6. The van der Waals surface area contributed by atoms with Crippen molar-refractivity contribution in [1.82, 2.24) is 9.88 Å². The second kappa shape index (κ2) is 12.1. The van der Waals surface area contributed by atoms with E-state index in [-0.39, 0.29) is 35.7 Å². The Labute approximate surface area is 252 Å².